The first-order chi connectivity index (χ1) is 15.0. The van der Waals surface area contributed by atoms with Gasteiger partial charge in [0.25, 0.3) is 0 Å². The van der Waals surface area contributed by atoms with E-state index in [-0.39, 0.29) is 23.7 Å². The van der Waals surface area contributed by atoms with Gasteiger partial charge in [0.05, 0.1) is 19.1 Å². The van der Waals surface area contributed by atoms with Crippen molar-refractivity contribution in [1.82, 2.24) is 0 Å². The molecule has 0 heterocycles. The summed E-state index contributed by atoms with van der Waals surface area (Å²) in [6, 6.07) is 0. The van der Waals surface area contributed by atoms with Gasteiger partial charge in [-0.3, -0.25) is 9.59 Å². The number of aliphatic hydroxyl groups excluding tert-OH is 2. The lowest BCUT2D eigenvalue weighted by Crippen LogP contribution is -2.29. The molecule has 1 fully saturated rings. The zero-order valence-electron chi connectivity index (χ0n) is 18.8. The molecule has 1 rings (SSSR count). The van der Waals surface area contributed by atoms with Gasteiger partial charge in [-0.2, -0.15) is 11.8 Å². The predicted octanol–water partition coefficient (Wildman–Crippen LogP) is 3.86. The van der Waals surface area contributed by atoms with Crippen LogP contribution in [0, 0.1) is 17.8 Å². The molecule has 0 saturated heterocycles. The number of aliphatic hydroxyl groups is 2. The van der Waals surface area contributed by atoms with Crippen LogP contribution < -0.4 is 0 Å². The minimum Gasteiger partial charge on any atom is -0.481 e. The molecule has 0 aliphatic heterocycles. The van der Waals surface area contributed by atoms with Gasteiger partial charge in [0, 0.05) is 37.1 Å². The number of carbonyl (C=O) groups excluding carboxylic acids is 1. The number of carbonyl (C=O) groups is 2. The highest BCUT2D eigenvalue weighted by Gasteiger charge is 2.32. The van der Waals surface area contributed by atoms with Gasteiger partial charge in [-0.25, -0.2) is 0 Å². The minimum absolute atomic E-state index is 0.00543. The van der Waals surface area contributed by atoms with Crippen molar-refractivity contribution in [1.29, 1.82) is 0 Å². The number of ketones is 1. The molecule has 1 saturated carbocycles. The van der Waals surface area contributed by atoms with Crippen LogP contribution in [0.2, 0.25) is 0 Å². The number of carboxylic acids is 1. The van der Waals surface area contributed by atoms with E-state index in [9.17, 15) is 19.8 Å². The first-order valence-corrected chi connectivity index (χ1v) is 12.5. The number of hydrogen-bond acceptors (Lipinski definition) is 6. The Morgan fingerprint density at radius 3 is 2.65 bits per heavy atom. The molecule has 3 N–H and O–H groups in total. The van der Waals surface area contributed by atoms with Crippen LogP contribution in [-0.4, -0.2) is 65.0 Å². The number of unbranched alkanes of at least 4 members (excludes halogenated alkanes) is 4. The van der Waals surface area contributed by atoms with Crippen molar-refractivity contribution in [3.8, 4) is 0 Å². The Morgan fingerprint density at radius 2 is 1.97 bits per heavy atom. The van der Waals surface area contributed by atoms with Crippen LogP contribution in [0.5, 0.6) is 0 Å². The smallest absolute Gasteiger partial charge is 0.309 e. The zero-order valence-corrected chi connectivity index (χ0v) is 19.6. The van der Waals surface area contributed by atoms with Crippen LogP contribution in [0.25, 0.3) is 0 Å². The number of Topliss-reactive ketones (excluding diaryl/α,β-unsaturated/α-hetero) is 1. The van der Waals surface area contributed by atoms with E-state index < -0.39 is 18.5 Å². The summed E-state index contributed by atoms with van der Waals surface area (Å²) in [5.74, 6) is -0.854. The lowest BCUT2D eigenvalue weighted by Gasteiger charge is -2.20. The highest BCUT2D eigenvalue weighted by molar-refractivity contribution is 7.99. The summed E-state index contributed by atoms with van der Waals surface area (Å²) in [4.78, 5) is 23.7. The van der Waals surface area contributed by atoms with Crippen LogP contribution in [0.3, 0.4) is 0 Å². The van der Waals surface area contributed by atoms with Crippen molar-refractivity contribution in [2.75, 3.05) is 32.7 Å². The zero-order chi connectivity index (χ0) is 22.9. The summed E-state index contributed by atoms with van der Waals surface area (Å²) in [5.41, 5.74) is 0. The van der Waals surface area contributed by atoms with E-state index in [1.54, 1.807) is 7.11 Å². The van der Waals surface area contributed by atoms with Gasteiger partial charge in [-0.05, 0) is 44.4 Å². The van der Waals surface area contributed by atoms with Crippen LogP contribution in [-0.2, 0) is 14.3 Å². The molecular weight excluding hydrogens is 416 g/mol. The lowest BCUT2D eigenvalue weighted by atomic mass is 9.91. The Labute approximate surface area is 191 Å². The Balaban J connectivity index is 2.46. The van der Waals surface area contributed by atoms with Crippen LogP contribution in [0.1, 0.15) is 57.8 Å². The maximum Gasteiger partial charge on any atom is 0.309 e. The fourth-order valence-electron chi connectivity index (χ4n) is 3.98. The van der Waals surface area contributed by atoms with Crippen molar-refractivity contribution >= 4 is 23.5 Å². The van der Waals surface area contributed by atoms with E-state index in [2.05, 4.69) is 12.2 Å². The summed E-state index contributed by atoms with van der Waals surface area (Å²) in [6.07, 6.45) is 16.7. The maximum absolute atomic E-state index is 12.3. The Hall–Kier alpha value is -1.15. The fraction of sp³-hybridized carbons (Fsp3) is 0.750. The second-order valence-electron chi connectivity index (χ2n) is 8.10. The van der Waals surface area contributed by atoms with Gasteiger partial charge >= 0.3 is 5.97 Å². The summed E-state index contributed by atoms with van der Waals surface area (Å²) in [5, 5.41) is 27.4. The lowest BCUT2D eigenvalue weighted by molar-refractivity contribution is -0.143. The number of aliphatic carboxylic acids is 1. The molecule has 0 bridgehead atoms. The van der Waals surface area contributed by atoms with Crippen molar-refractivity contribution < 1.29 is 29.6 Å². The van der Waals surface area contributed by atoms with Crippen molar-refractivity contribution in [2.45, 2.75) is 63.0 Å². The number of ether oxygens (including phenoxy) is 1. The molecule has 0 amide bonds. The second kappa shape index (κ2) is 17.4. The van der Waals surface area contributed by atoms with E-state index in [1.165, 1.54) is 24.6 Å². The third kappa shape index (κ3) is 11.3. The standard InChI is InChI=1S/C24H40O6S/c1-30-16-9-5-3-2-4-6-10-19-13-14-22(27)20(19)11-7-8-12-23(31-17-15-25)21(18-26)24(28)29/h6-8,10,19-21,23,25-26H,2-5,9,11-18H2,1H3,(H,28,29)/t19-,20+,21?,23-/m0/s1. The molecule has 0 radical (unpaired) electrons. The summed E-state index contributed by atoms with van der Waals surface area (Å²) < 4.78 is 5.06. The molecule has 0 aromatic rings. The quantitative estimate of drug-likeness (QED) is 0.212. The van der Waals surface area contributed by atoms with Crippen molar-refractivity contribution in [3.63, 3.8) is 0 Å². The molecule has 0 aromatic heterocycles. The molecule has 0 spiro atoms. The van der Waals surface area contributed by atoms with Crippen LogP contribution in [0.15, 0.2) is 24.3 Å². The predicted molar refractivity (Wildman–Crippen MR) is 125 cm³/mol. The number of methoxy groups -OCH3 is 1. The third-order valence-corrected chi connectivity index (χ3v) is 7.19. The van der Waals surface area contributed by atoms with E-state index in [4.69, 9.17) is 9.84 Å². The highest BCUT2D eigenvalue weighted by atomic mass is 32.2. The van der Waals surface area contributed by atoms with Crippen LogP contribution >= 0.6 is 11.8 Å². The Morgan fingerprint density at radius 1 is 1.19 bits per heavy atom. The van der Waals surface area contributed by atoms with Crippen LogP contribution in [0.4, 0.5) is 0 Å². The molecule has 31 heavy (non-hydrogen) atoms. The summed E-state index contributed by atoms with van der Waals surface area (Å²) in [6.45, 7) is 0.375. The number of rotatable bonds is 18. The van der Waals surface area contributed by atoms with E-state index in [1.807, 2.05) is 12.2 Å². The Kier molecular flexibility index (Phi) is 15.7. The normalized spacial score (nSPS) is 21.3. The Bertz CT molecular complexity index is 562. The first-order valence-electron chi connectivity index (χ1n) is 11.4. The van der Waals surface area contributed by atoms with E-state index in [0.717, 1.165) is 32.3 Å². The van der Waals surface area contributed by atoms with Gasteiger partial charge in [-0.15, -0.1) is 0 Å². The van der Waals surface area contributed by atoms with E-state index >= 15 is 0 Å². The number of allylic oxidation sites excluding steroid dienone is 4. The molecule has 1 unspecified atom stereocenters. The molecule has 4 atom stereocenters. The monoisotopic (exact) mass is 456 g/mol. The van der Waals surface area contributed by atoms with Gasteiger partial charge < -0.3 is 20.1 Å². The second-order valence-corrected chi connectivity index (χ2v) is 9.45. The number of hydrogen-bond donors (Lipinski definition) is 3. The average Bonchev–Trinajstić information content (AvgIpc) is 3.10. The molecule has 0 aromatic carbocycles. The summed E-state index contributed by atoms with van der Waals surface area (Å²) in [7, 11) is 1.73. The number of carboxylic acid groups (broad SMARTS) is 1. The molecule has 1 aliphatic carbocycles. The first kappa shape index (κ1) is 27.9. The van der Waals surface area contributed by atoms with E-state index in [0.29, 0.717) is 30.8 Å². The maximum atomic E-state index is 12.3. The average molecular weight is 457 g/mol. The van der Waals surface area contributed by atoms with Gasteiger partial charge in [0.15, 0.2) is 0 Å². The molecular formula is C24H40O6S. The van der Waals surface area contributed by atoms with Gasteiger partial charge in [0.1, 0.15) is 5.78 Å². The van der Waals surface area contributed by atoms with Crippen molar-refractivity contribution in [3.05, 3.63) is 24.3 Å². The number of thioether (sulfide) groups is 1. The van der Waals surface area contributed by atoms with Crippen molar-refractivity contribution in [2.24, 2.45) is 17.8 Å². The van der Waals surface area contributed by atoms with Gasteiger partial charge in [-0.1, -0.05) is 37.1 Å². The highest BCUT2D eigenvalue weighted by Crippen LogP contribution is 2.33. The fourth-order valence-corrected chi connectivity index (χ4v) is 5.07. The molecule has 7 heteroatoms. The van der Waals surface area contributed by atoms with Gasteiger partial charge in [0.2, 0.25) is 0 Å². The SMILES string of the molecule is COCCCCCCC=C[C@H]1CCC(=O)[C@@H]1CC=CC[C@H](SCCO)C(CO)C(=O)O. The largest absolute Gasteiger partial charge is 0.481 e. The summed E-state index contributed by atoms with van der Waals surface area (Å²) >= 11 is 1.36. The topological polar surface area (TPSA) is 104 Å². The minimum atomic E-state index is -1.03. The molecule has 6 nitrogen and oxygen atoms in total. The molecule has 178 valence electrons. The third-order valence-electron chi connectivity index (χ3n) is 5.82. The molecule has 1 aliphatic rings.